The Hall–Kier alpha value is -0.0800. The highest BCUT2D eigenvalue weighted by Gasteiger charge is 2.19. The molecular weight excluding hydrogens is 196 g/mol. The molecule has 1 rings (SSSR count). The third kappa shape index (κ3) is 4.42. The minimum atomic E-state index is 0.559. The molecule has 0 bridgehead atoms. The average Bonchev–Trinajstić information content (AvgIpc) is 2.28. The van der Waals surface area contributed by atoms with E-state index in [1.807, 2.05) is 0 Å². The molecule has 0 spiro atoms. The fourth-order valence-electron chi connectivity index (χ4n) is 2.99. The van der Waals surface area contributed by atoms with Gasteiger partial charge < -0.3 is 10.6 Å². The summed E-state index contributed by atoms with van der Waals surface area (Å²) in [6.45, 7) is 6.56. The van der Waals surface area contributed by atoms with E-state index in [1.165, 1.54) is 45.1 Å². The minimum Gasteiger partial charge on any atom is -0.329 e. The van der Waals surface area contributed by atoms with Gasteiger partial charge in [0.25, 0.3) is 0 Å². The first-order valence-electron chi connectivity index (χ1n) is 7.05. The summed E-state index contributed by atoms with van der Waals surface area (Å²) in [5.74, 6) is 1.66. The maximum Gasteiger partial charge on any atom is 0.0238 e. The first kappa shape index (κ1) is 14.0. The van der Waals surface area contributed by atoms with Crippen molar-refractivity contribution in [2.75, 3.05) is 20.1 Å². The molecule has 1 saturated carbocycles. The highest BCUT2D eigenvalue weighted by atomic mass is 15.1. The Bertz CT molecular complexity index is 174. The van der Waals surface area contributed by atoms with E-state index in [-0.39, 0.29) is 0 Å². The van der Waals surface area contributed by atoms with Crippen LogP contribution >= 0.6 is 0 Å². The van der Waals surface area contributed by atoms with Gasteiger partial charge in [0.1, 0.15) is 0 Å². The zero-order chi connectivity index (χ0) is 12.0. The summed E-state index contributed by atoms with van der Waals surface area (Å²) in [6, 6.07) is 0.559. The molecule has 0 radical (unpaired) electrons. The van der Waals surface area contributed by atoms with Crippen molar-refractivity contribution in [2.45, 2.75) is 58.4 Å². The molecule has 0 aromatic rings. The lowest BCUT2D eigenvalue weighted by Crippen LogP contribution is -2.42. The number of hydrogen-bond donors (Lipinski definition) is 1. The lowest BCUT2D eigenvalue weighted by molar-refractivity contribution is 0.177. The largest absolute Gasteiger partial charge is 0.329 e. The van der Waals surface area contributed by atoms with Crippen molar-refractivity contribution < 1.29 is 0 Å². The number of nitrogens with two attached hydrogens (primary N) is 1. The van der Waals surface area contributed by atoms with Crippen LogP contribution in [0.15, 0.2) is 0 Å². The van der Waals surface area contributed by atoms with Gasteiger partial charge >= 0.3 is 0 Å². The van der Waals surface area contributed by atoms with Crippen molar-refractivity contribution in [3.8, 4) is 0 Å². The highest BCUT2D eigenvalue weighted by Crippen LogP contribution is 2.26. The lowest BCUT2D eigenvalue weighted by Gasteiger charge is -2.32. The fraction of sp³-hybridized carbons (Fsp3) is 1.00. The molecule has 1 atom stereocenters. The molecule has 1 unspecified atom stereocenters. The maximum atomic E-state index is 5.84. The smallest absolute Gasteiger partial charge is 0.0238 e. The van der Waals surface area contributed by atoms with Crippen LogP contribution in [0.25, 0.3) is 0 Å². The first-order valence-corrected chi connectivity index (χ1v) is 7.05. The molecule has 0 aromatic heterocycles. The van der Waals surface area contributed by atoms with E-state index in [9.17, 15) is 0 Å². The third-order valence-corrected chi connectivity index (χ3v) is 4.19. The van der Waals surface area contributed by atoms with Crippen LogP contribution in [0.3, 0.4) is 0 Å². The summed E-state index contributed by atoms with van der Waals surface area (Å²) in [5, 5.41) is 0. The molecule has 0 saturated heterocycles. The SMILES string of the molecule is CC(C)C(CN)N(C)CCC1CCCCC1. The van der Waals surface area contributed by atoms with E-state index in [0.29, 0.717) is 12.0 Å². The van der Waals surface area contributed by atoms with Crippen molar-refractivity contribution in [3.05, 3.63) is 0 Å². The lowest BCUT2D eigenvalue weighted by atomic mass is 9.87. The van der Waals surface area contributed by atoms with Crippen LogP contribution in [0, 0.1) is 11.8 Å². The Morgan fingerprint density at radius 1 is 1.19 bits per heavy atom. The molecule has 1 aliphatic carbocycles. The van der Waals surface area contributed by atoms with Crippen LogP contribution in [0.2, 0.25) is 0 Å². The molecular formula is C14H30N2. The number of nitrogens with zero attached hydrogens (tertiary/aromatic N) is 1. The van der Waals surface area contributed by atoms with Gasteiger partial charge in [-0.2, -0.15) is 0 Å². The molecule has 0 aromatic carbocycles. The quantitative estimate of drug-likeness (QED) is 0.754. The Morgan fingerprint density at radius 3 is 2.31 bits per heavy atom. The molecule has 2 nitrogen and oxygen atoms in total. The predicted octanol–water partition coefficient (Wildman–Crippen LogP) is 2.87. The fourth-order valence-corrected chi connectivity index (χ4v) is 2.99. The zero-order valence-electron chi connectivity index (χ0n) is 11.4. The molecule has 1 aliphatic rings. The molecule has 2 heteroatoms. The minimum absolute atomic E-state index is 0.559. The van der Waals surface area contributed by atoms with Crippen molar-refractivity contribution in [1.82, 2.24) is 4.90 Å². The monoisotopic (exact) mass is 226 g/mol. The molecule has 2 N–H and O–H groups in total. The predicted molar refractivity (Wildman–Crippen MR) is 71.5 cm³/mol. The van der Waals surface area contributed by atoms with Crippen molar-refractivity contribution in [1.29, 1.82) is 0 Å². The summed E-state index contributed by atoms with van der Waals surface area (Å²) >= 11 is 0. The summed E-state index contributed by atoms with van der Waals surface area (Å²) in [6.07, 6.45) is 8.67. The van der Waals surface area contributed by atoms with Gasteiger partial charge in [0.15, 0.2) is 0 Å². The van der Waals surface area contributed by atoms with Gasteiger partial charge in [0, 0.05) is 12.6 Å². The van der Waals surface area contributed by atoms with Gasteiger partial charge in [-0.1, -0.05) is 46.0 Å². The summed E-state index contributed by atoms with van der Waals surface area (Å²) in [4.78, 5) is 2.47. The van der Waals surface area contributed by atoms with E-state index < -0.39 is 0 Å². The van der Waals surface area contributed by atoms with Gasteiger partial charge in [-0.05, 0) is 31.8 Å². The van der Waals surface area contributed by atoms with E-state index in [1.54, 1.807) is 0 Å². The topological polar surface area (TPSA) is 29.3 Å². The van der Waals surface area contributed by atoms with E-state index in [4.69, 9.17) is 5.73 Å². The molecule has 16 heavy (non-hydrogen) atoms. The molecule has 1 fully saturated rings. The van der Waals surface area contributed by atoms with Gasteiger partial charge in [-0.25, -0.2) is 0 Å². The number of rotatable bonds is 6. The van der Waals surface area contributed by atoms with Crippen LogP contribution in [-0.2, 0) is 0 Å². The van der Waals surface area contributed by atoms with E-state index >= 15 is 0 Å². The molecule has 0 amide bonds. The van der Waals surface area contributed by atoms with Crippen LogP contribution in [0.1, 0.15) is 52.4 Å². The second-order valence-corrected chi connectivity index (χ2v) is 5.82. The standard InChI is InChI=1S/C14H30N2/c1-12(2)14(11-15)16(3)10-9-13-7-5-4-6-8-13/h12-14H,4-11,15H2,1-3H3. The van der Waals surface area contributed by atoms with Crippen molar-refractivity contribution in [3.63, 3.8) is 0 Å². The third-order valence-electron chi connectivity index (χ3n) is 4.19. The Kier molecular flexibility index (Phi) is 6.37. The second-order valence-electron chi connectivity index (χ2n) is 5.82. The van der Waals surface area contributed by atoms with Crippen molar-refractivity contribution >= 4 is 0 Å². The van der Waals surface area contributed by atoms with Crippen LogP contribution < -0.4 is 5.73 Å². The average molecular weight is 226 g/mol. The number of hydrogen-bond acceptors (Lipinski definition) is 2. The summed E-state index contributed by atoms with van der Waals surface area (Å²) in [5.41, 5.74) is 5.84. The van der Waals surface area contributed by atoms with Gasteiger partial charge in [-0.15, -0.1) is 0 Å². The second kappa shape index (κ2) is 7.29. The maximum absolute atomic E-state index is 5.84. The Balaban J connectivity index is 2.24. The zero-order valence-corrected chi connectivity index (χ0v) is 11.4. The van der Waals surface area contributed by atoms with Crippen LogP contribution in [0.5, 0.6) is 0 Å². The Morgan fingerprint density at radius 2 is 1.81 bits per heavy atom. The van der Waals surface area contributed by atoms with Gasteiger partial charge in [-0.3, -0.25) is 0 Å². The summed E-state index contributed by atoms with van der Waals surface area (Å²) < 4.78 is 0. The molecule has 96 valence electrons. The van der Waals surface area contributed by atoms with Crippen LogP contribution in [-0.4, -0.2) is 31.1 Å². The number of likely N-dealkylation sites (N-methyl/N-ethyl adjacent to an activating group) is 1. The Labute approximate surface area is 102 Å². The van der Waals surface area contributed by atoms with Crippen LogP contribution in [0.4, 0.5) is 0 Å². The summed E-state index contributed by atoms with van der Waals surface area (Å²) in [7, 11) is 2.24. The molecule has 0 heterocycles. The van der Waals surface area contributed by atoms with E-state index in [0.717, 1.165) is 12.5 Å². The van der Waals surface area contributed by atoms with Gasteiger partial charge in [0.05, 0.1) is 0 Å². The van der Waals surface area contributed by atoms with Gasteiger partial charge in [0.2, 0.25) is 0 Å². The highest BCUT2D eigenvalue weighted by molar-refractivity contribution is 4.75. The normalized spacial score (nSPS) is 20.6. The van der Waals surface area contributed by atoms with E-state index in [2.05, 4.69) is 25.8 Å². The van der Waals surface area contributed by atoms with Crippen molar-refractivity contribution in [2.24, 2.45) is 17.6 Å². The first-order chi connectivity index (χ1) is 7.65. The molecule has 0 aliphatic heterocycles.